The van der Waals surface area contributed by atoms with Crippen LogP contribution in [0.15, 0.2) is 53.4 Å². The number of nitrogens with one attached hydrogen (secondary N) is 1. The van der Waals surface area contributed by atoms with Crippen LogP contribution in [0.2, 0.25) is 5.02 Å². The van der Waals surface area contributed by atoms with Crippen LogP contribution >= 0.6 is 11.6 Å². The summed E-state index contributed by atoms with van der Waals surface area (Å²) in [7, 11) is -3.85. The predicted molar refractivity (Wildman–Crippen MR) is 96.0 cm³/mol. The summed E-state index contributed by atoms with van der Waals surface area (Å²) in [5.41, 5.74) is 0.836. The highest BCUT2D eigenvalue weighted by Crippen LogP contribution is 2.14. The molecular weight excluding hydrogens is 380 g/mol. The molecular formula is C17H17ClN2O5S. The largest absolute Gasteiger partial charge is 0.449 e. The zero-order valence-electron chi connectivity index (χ0n) is 13.8. The summed E-state index contributed by atoms with van der Waals surface area (Å²) >= 11 is 6.01. The molecule has 2 aromatic rings. The Morgan fingerprint density at radius 2 is 1.77 bits per heavy atom. The van der Waals surface area contributed by atoms with Gasteiger partial charge in [0.2, 0.25) is 10.0 Å². The second kappa shape index (κ2) is 8.31. The second-order valence-electron chi connectivity index (χ2n) is 5.43. The number of primary sulfonamides is 1. The predicted octanol–water partition coefficient (Wildman–Crippen LogP) is 1.85. The van der Waals surface area contributed by atoms with Crippen LogP contribution in [0.25, 0.3) is 0 Å². The van der Waals surface area contributed by atoms with Gasteiger partial charge in [0.05, 0.1) is 10.5 Å². The zero-order valence-corrected chi connectivity index (χ0v) is 15.4. The third-order valence-corrected chi connectivity index (χ3v) is 4.78. The molecule has 0 aromatic heterocycles. The maximum Gasteiger partial charge on any atom is 0.338 e. The topological polar surface area (TPSA) is 116 Å². The van der Waals surface area contributed by atoms with Crippen molar-refractivity contribution >= 4 is 33.5 Å². The Bertz CT molecular complexity index is 913. The summed E-state index contributed by atoms with van der Waals surface area (Å²) in [5.74, 6) is -1.24. The first-order valence-electron chi connectivity index (χ1n) is 7.53. The molecule has 0 aliphatic carbocycles. The van der Waals surface area contributed by atoms with Gasteiger partial charge in [0.15, 0.2) is 6.10 Å². The van der Waals surface area contributed by atoms with Crippen molar-refractivity contribution in [1.29, 1.82) is 0 Å². The third-order valence-electron chi connectivity index (χ3n) is 3.48. The van der Waals surface area contributed by atoms with Gasteiger partial charge in [-0.2, -0.15) is 0 Å². The Labute approximate surface area is 156 Å². The van der Waals surface area contributed by atoms with E-state index >= 15 is 0 Å². The molecule has 3 N–H and O–H groups in total. The van der Waals surface area contributed by atoms with Crippen LogP contribution in [0.4, 0.5) is 0 Å². The van der Waals surface area contributed by atoms with Crippen molar-refractivity contribution in [3.63, 3.8) is 0 Å². The van der Waals surface area contributed by atoms with E-state index in [2.05, 4.69) is 5.32 Å². The third kappa shape index (κ3) is 5.29. The molecule has 0 heterocycles. The Morgan fingerprint density at radius 3 is 2.35 bits per heavy atom. The number of hydrogen-bond acceptors (Lipinski definition) is 5. The van der Waals surface area contributed by atoms with Crippen molar-refractivity contribution in [2.75, 3.05) is 0 Å². The van der Waals surface area contributed by atoms with Crippen LogP contribution in [-0.4, -0.2) is 26.4 Å². The smallest absolute Gasteiger partial charge is 0.338 e. The zero-order chi connectivity index (χ0) is 19.3. The lowest BCUT2D eigenvalue weighted by Gasteiger charge is -2.14. The summed E-state index contributed by atoms with van der Waals surface area (Å²) in [6, 6.07) is 11.9. The second-order valence-corrected chi connectivity index (χ2v) is 7.39. The van der Waals surface area contributed by atoms with Gasteiger partial charge in [-0.1, -0.05) is 29.8 Å². The monoisotopic (exact) mass is 396 g/mol. The van der Waals surface area contributed by atoms with Crippen molar-refractivity contribution in [3.8, 4) is 0 Å². The highest BCUT2D eigenvalue weighted by Gasteiger charge is 2.19. The Balaban J connectivity index is 1.93. The quantitative estimate of drug-likeness (QED) is 0.723. The molecule has 7 nitrogen and oxygen atoms in total. The number of ether oxygens (including phenoxy) is 1. The van der Waals surface area contributed by atoms with E-state index in [9.17, 15) is 18.0 Å². The fourth-order valence-corrected chi connectivity index (χ4v) is 2.75. The van der Waals surface area contributed by atoms with Gasteiger partial charge in [-0.25, -0.2) is 18.4 Å². The molecule has 0 bridgehead atoms. The molecule has 0 saturated heterocycles. The SMILES string of the molecule is CC(OC(=O)c1ccc(S(N)(=O)=O)cc1)C(=O)NCc1ccccc1Cl. The molecule has 1 amide bonds. The average molecular weight is 397 g/mol. The first-order valence-corrected chi connectivity index (χ1v) is 9.46. The molecule has 1 unspecified atom stereocenters. The van der Waals surface area contributed by atoms with Crippen molar-refractivity contribution in [3.05, 3.63) is 64.7 Å². The minimum Gasteiger partial charge on any atom is -0.449 e. The van der Waals surface area contributed by atoms with Crippen molar-refractivity contribution in [2.24, 2.45) is 5.14 Å². The number of sulfonamides is 1. The van der Waals surface area contributed by atoms with Crippen LogP contribution in [0, 0.1) is 0 Å². The minimum absolute atomic E-state index is 0.100. The summed E-state index contributed by atoms with van der Waals surface area (Å²) in [6.45, 7) is 1.63. The number of amides is 1. The first kappa shape index (κ1) is 19.9. The minimum atomic E-state index is -3.85. The molecule has 0 saturated carbocycles. The summed E-state index contributed by atoms with van der Waals surface area (Å²) in [4.78, 5) is 24.0. The standard InChI is InChI=1S/C17H17ClN2O5S/c1-11(16(21)20-10-13-4-2-3-5-15(13)18)25-17(22)12-6-8-14(9-7-12)26(19,23)24/h2-9,11H,10H2,1H3,(H,20,21)(H2,19,23,24). The van der Waals surface area contributed by atoms with E-state index in [4.69, 9.17) is 21.5 Å². The van der Waals surface area contributed by atoms with E-state index in [1.54, 1.807) is 24.3 Å². The molecule has 138 valence electrons. The summed E-state index contributed by atoms with van der Waals surface area (Å²) in [5, 5.41) is 8.14. The number of nitrogens with two attached hydrogens (primary N) is 1. The molecule has 0 spiro atoms. The number of rotatable bonds is 6. The van der Waals surface area contributed by atoms with Gasteiger partial charge in [0.1, 0.15) is 0 Å². The molecule has 0 aliphatic rings. The Morgan fingerprint density at radius 1 is 1.15 bits per heavy atom. The number of halogens is 1. The van der Waals surface area contributed by atoms with Crippen LogP contribution in [-0.2, 0) is 26.1 Å². The number of esters is 1. The molecule has 2 rings (SSSR count). The van der Waals surface area contributed by atoms with Crippen LogP contribution in [0.5, 0.6) is 0 Å². The molecule has 0 radical (unpaired) electrons. The molecule has 9 heteroatoms. The van der Waals surface area contributed by atoms with Gasteiger partial charge < -0.3 is 10.1 Å². The Kier molecular flexibility index (Phi) is 6.36. The van der Waals surface area contributed by atoms with Gasteiger partial charge >= 0.3 is 5.97 Å². The maximum atomic E-state index is 12.1. The van der Waals surface area contributed by atoms with E-state index in [0.717, 1.165) is 5.56 Å². The number of carbonyl (C=O) groups excluding carboxylic acids is 2. The molecule has 0 fully saturated rings. The molecule has 0 aliphatic heterocycles. The van der Waals surface area contributed by atoms with Gasteiger partial charge in [-0.05, 0) is 42.8 Å². The fourth-order valence-electron chi connectivity index (χ4n) is 2.03. The lowest BCUT2D eigenvalue weighted by Crippen LogP contribution is -2.35. The van der Waals surface area contributed by atoms with Crippen molar-refractivity contribution < 1.29 is 22.7 Å². The lowest BCUT2D eigenvalue weighted by molar-refractivity contribution is -0.129. The van der Waals surface area contributed by atoms with Crippen molar-refractivity contribution in [2.45, 2.75) is 24.5 Å². The normalized spacial score (nSPS) is 12.3. The van der Waals surface area contributed by atoms with Gasteiger partial charge in [-0.3, -0.25) is 4.79 Å². The van der Waals surface area contributed by atoms with Gasteiger partial charge in [0.25, 0.3) is 5.91 Å². The highest BCUT2D eigenvalue weighted by molar-refractivity contribution is 7.89. The van der Waals surface area contributed by atoms with Crippen molar-refractivity contribution in [1.82, 2.24) is 5.32 Å². The van der Waals surface area contributed by atoms with Crippen LogP contribution in [0.1, 0.15) is 22.8 Å². The van der Waals surface area contributed by atoms with E-state index in [1.807, 2.05) is 0 Å². The summed E-state index contributed by atoms with van der Waals surface area (Å²) < 4.78 is 27.5. The lowest BCUT2D eigenvalue weighted by atomic mass is 10.2. The van der Waals surface area contributed by atoms with E-state index in [0.29, 0.717) is 5.02 Å². The average Bonchev–Trinajstić information content (AvgIpc) is 2.60. The molecule has 26 heavy (non-hydrogen) atoms. The van der Waals surface area contributed by atoms with Gasteiger partial charge in [0, 0.05) is 11.6 Å². The first-order chi connectivity index (χ1) is 12.2. The molecule has 2 aromatic carbocycles. The van der Waals surface area contributed by atoms with E-state index in [1.165, 1.54) is 31.2 Å². The van der Waals surface area contributed by atoms with Crippen LogP contribution < -0.4 is 10.5 Å². The summed E-state index contributed by atoms with van der Waals surface area (Å²) in [6.07, 6.45) is -1.04. The number of benzene rings is 2. The molecule has 1 atom stereocenters. The highest BCUT2D eigenvalue weighted by atomic mass is 35.5. The van der Waals surface area contributed by atoms with E-state index in [-0.39, 0.29) is 17.0 Å². The van der Waals surface area contributed by atoms with Crippen LogP contribution in [0.3, 0.4) is 0 Å². The van der Waals surface area contributed by atoms with Gasteiger partial charge in [-0.15, -0.1) is 0 Å². The Hall–Kier alpha value is -2.42. The number of carbonyl (C=O) groups is 2. The van der Waals surface area contributed by atoms with E-state index < -0.39 is 28.0 Å². The fraction of sp³-hybridized carbons (Fsp3) is 0.176. The number of hydrogen-bond donors (Lipinski definition) is 2. The maximum absolute atomic E-state index is 12.1.